The molecule has 0 saturated carbocycles. The molecule has 25 heavy (non-hydrogen) atoms. The topological polar surface area (TPSA) is 66.9 Å². The maximum Gasteiger partial charge on any atom is 0.274 e. The molecule has 0 aliphatic carbocycles. The highest BCUT2D eigenvalue weighted by atomic mass is 35.5. The van der Waals surface area contributed by atoms with Gasteiger partial charge in [0.1, 0.15) is 17.3 Å². The van der Waals surface area contributed by atoms with Gasteiger partial charge >= 0.3 is 0 Å². The number of hydrogen-bond acceptors (Lipinski definition) is 4. The van der Waals surface area contributed by atoms with Crippen molar-refractivity contribution in [3.63, 3.8) is 0 Å². The Balaban J connectivity index is 1.80. The van der Waals surface area contributed by atoms with E-state index in [1.165, 1.54) is 0 Å². The summed E-state index contributed by atoms with van der Waals surface area (Å²) in [6, 6.07) is 15.7. The minimum absolute atomic E-state index is 0.256. The van der Waals surface area contributed by atoms with Crippen LogP contribution in [0.2, 0.25) is 10.0 Å². The molecule has 0 unspecified atom stereocenters. The molecule has 0 bridgehead atoms. The summed E-state index contributed by atoms with van der Waals surface area (Å²) in [5, 5.41) is 7.10. The third-order valence-electron chi connectivity index (χ3n) is 3.27. The van der Waals surface area contributed by atoms with Crippen molar-refractivity contribution in [2.45, 2.75) is 6.92 Å². The standard InChI is InChI=1S/C18H14Cl2N4O/c1-11-21-16(18(25)24-14-7-5-12(19)6-8-14)10-17(22-11)23-15-4-2-3-13(20)9-15/h2-10H,1H3,(H,24,25)(H,21,22,23). The average Bonchev–Trinajstić information content (AvgIpc) is 2.56. The molecule has 3 aromatic rings. The number of rotatable bonds is 4. The molecule has 1 heterocycles. The van der Waals surface area contributed by atoms with E-state index >= 15 is 0 Å². The van der Waals surface area contributed by atoms with Crippen LogP contribution in [-0.2, 0) is 0 Å². The van der Waals surface area contributed by atoms with E-state index in [1.54, 1.807) is 49.4 Å². The lowest BCUT2D eigenvalue weighted by molar-refractivity contribution is 0.102. The van der Waals surface area contributed by atoms with E-state index in [-0.39, 0.29) is 11.6 Å². The normalized spacial score (nSPS) is 10.4. The monoisotopic (exact) mass is 372 g/mol. The zero-order valence-electron chi connectivity index (χ0n) is 13.3. The summed E-state index contributed by atoms with van der Waals surface area (Å²) in [4.78, 5) is 20.9. The molecule has 3 rings (SSSR count). The Morgan fingerprint density at radius 3 is 2.40 bits per heavy atom. The summed E-state index contributed by atoms with van der Waals surface area (Å²) in [5.74, 6) is 0.659. The van der Waals surface area contributed by atoms with Crippen LogP contribution >= 0.6 is 23.2 Å². The Hall–Kier alpha value is -2.63. The van der Waals surface area contributed by atoms with Gasteiger partial charge in [-0.15, -0.1) is 0 Å². The highest BCUT2D eigenvalue weighted by Crippen LogP contribution is 2.20. The fourth-order valence-corrected chi connectivity index (χ4v) is 2.51. The van der Waals surface area contributed by atoms with Crippen LogP contribution in [0.3, 0.4) is 0 Å². The molecule has 0 atom stereocenters. The van der Waals surface area contributed by atoms with Crippen molar-refractivity contribution >= 4 is 46.3 Å². The van der Waals surface area contributed by atoms with E-state index in [0.29, 0.717) is 27.4 Å². The van der Waals surface area contributed by atoms with Crippen molar-refractivity contribution in [2.75, 3.05) is 10.6 Å². The van der Waals surface area contributed by atoms with Gasteiger partial charge in [-0.2, -0.15) is 0 Å². The van der Waals surface area contributed by atoms with E-state index < -0.39 is 0 Å². The predicted octanol–water partition coefficient (Wildman–Crippen LogP) is 5.09. The Morgan fingerprint density at radius 2 is 1.68 bits per heavy atom. The summed E-state index contributed by atoms with van der Waals surface area (Å²) >= 11 is 11.8. The molecule has 0 aliphatic heterocycles. The number of nitrogens with zero attached hydrogens (tertiary/aromatic N) is 2. The van der Waals surface area contributed by atoms with E-state index in [9.17, 15) is 4.79 Å². The van der Waals surface area contributed by atoms with E-state index in [1.807, 2.05) is 12.1 Å². The van der Waals surface area contributed by atoms with Crippen molar-refractivity contribution in [3.8, 4) is 0 Å². The number of amides is 1. The number of halogens is 2. The maximum absolute atomic E-state index is 12.4. The van der Waals surface area contributed by atoms with Crippen LogP contribution in [-0.4, -0.2) is 15.9 Å². The van der Waals surface area contributed by atoms with Gasteiger partial charge < -0.3 is 10.6 Å². The largest absolute Gasteiger partial charge is 0.340 e. The minimum Gasteiger partial charge on any atom is -0.340 e. The SMILES string of the molecule is Cc1nc(Nc2cccc(Cl)c2)cc(C(=O)Nc2ccc(Cl)cc2)n1. The second kappa shape index (κ2) is 7.51. The smallest absolute Gasteiger partial charge is 0.274 e. The minimum atomic E-state index is -0.332. The fourth-order valence-electron chi connectivity index (χ4n) is 2.19. The number of benzene rings is 2. The third-order valence-corrected chi connectivity index (χ3v) is 3.76. The van der Waals surface area contributed by atoms with E-state index in [0.717, 1.165) is 5.69 Å². The molecule has 2 aromatic carbocycles. The summed E-state index contributed by atoms with van der Waals surface area (Å²) in [7, 11) is 0. The predicted molar refractivity (Wildman–Crippen MR) is 101 cm³/mol. The molecule has 126 valence electrons. The number of aromatic nitrogens is 2. The molecule has 7 heteroatoms. The molecule has 0 aliphatic rings. The van der Waals surface area contributed by atoms with Gasteiger partial charge in [-0.25, -0.2) is 9.97 Å². The second-order valence-corrected chi connectivity index (χ2v) is 6.15. The first-order valence-electron chi connectivity index (χ1n) is 7.45. The highest BCUT2D eigenvalue weighted by molar-refractivity contribution is 6.31. The zero-order valence-corrected chi connectivity index (χ0v) is 14.8. The van der Waals surface area contributed by atoms with Crippen LogP contribution < -0.4 is 10.6 Å². The van der Waals surface area contributed by atoms with Crippen molar-refractivity contribution in [2.24, 2.45) is 0 Å². The molecule has 1 aromatic heterocycles. The molecule has 0 spiro atoms. The summed E-state index contributed by atoms with van der Waals surface area (Å²) in [5.41, 5.74) is 1.66. The van der Waals surface area contributed by atoms with Crippen molar-refractivity contribution in [1.82, 2.24) is 9.97 Å². The van der Waals surface area contributed by atoms with Crippen LogP contribution in [0.25, 0.3) is 0 Å². The molecule has 5 nitrogen and oxygen atoms in total. The lowest BCUT2D eigenvalue weighted by Gasteiger charge is -2.09. The summed E-state index contributed by atoms with van der Waals surface area (Å²) < 4.78 is 0. The van der Waals surface area contributed by atoms with E-state index in [4.69, 9.17) is 23.2 Å². The highest BCUT2D eigenvalue weighted by Gasteiger charge is 2.11. The van der Waals surface area contributed by atoms with Gasteiger partial charge in [-0.1, -0.05) is 29.3 Å². The Morgan fingerprint density at radius 1 is 0.920 bits per heavy atom. The molecule has 2 N–H and O–H groups in total. The number of anilines is 3. The lowest BCUT2D eigenvalue weighted by Crippen LogP contribution is -2.15. The number of hydrogen-bond donors (Lipinski definition) is 2. The Bertz CT molecular complexity index is 913. The molecule has 0 fully saturated rings. The van der Waals surface area contributed by atoms with Gasteiger partial charge in [0.05, 0.1) is 0 Å². The summed E-state index contributed by atoms with van der Waals surface area (Å²) in [6.45, 7) is 1.72. The molecule has 1 amide bonds. The first kappa shape index (κ1) is 17.2. The maximum atomic E-state index is 12.4. The van der Waals surface area contributed by atoms with Crippen molar-refractivity contribution in [3.05, 3.63) is 76.2 Å². The van der Waals surface area contributed by atoms with Crippen LogP contribution in [0.5, 0.6) is 0 Å². The van der Waals surface area contributed by atoms with Crippen LogP contribution in [0, 0.1) is 6.92 Å². The molecule has 0 radical (unpaired) electrons. The van der Waals surface area contributed by atoms with Gasteiger partial charge in [0.25, 0.3) is 5.91 Å². The molecular weight excluding hydrogens is 359 g/mol. The molecule has 0 saturated heterocycles. The third kappa shape index (κ3) is 4.68. The van der Waals surface area contributed by atoms with Crippen LogP contribution in [0.4, 0.5) is 17.2 Å². The average molecular weight is 373 g/mol. The van der Waals surface area contributed by atoms with Crippen LogP contribution in [0.15, 0.2) is 54.6 Å². The van der Waals surface area contributed by atoms with Gasteiger partial charge in [-0.05, 0) is 49.4 Å². The van der Waals surface area contributed by atoms with E-state index in [2.05, 4.69) is 20.6 Å². The quantitative estimate of drug-likeness (QED) is 0.669. The number of carbonyl (C=O) groups excluding carboxylic acids is 1. The van der Waals surface area contributed by atoms with Gasteiger partial charge in [0.15, 0.2) is 0 Å². The van der Waals surface area contributed by atoms with Crippen molar-refractivity contribution in [1.29, 1.82) is 0 Å². The lowest BCUT2D eigenvalue weighted by atomic mass is 10.3. The number of carbonyl (C=O) groups is 1. The first-order valence-corrected chi connectivity index (χ1v) is 8.20. The fraction of sp³-hybridized carbons (Fsp3) is 0.0556. The van der Waals surface area contributed by atoms with Gasteiger partial charge in [0.2, 0.25) is 0 Å². The zero-order chi connectivity index (χ0) is 17.8. The first-order chi connectivity index (χ1) is 12.0. The van der Waals surface area contributed by atoms with Crippen LogP contribution in [0.1, 0.15) is 16.3 Å². The van der Waals surface area contributed by atoms with Crippen molar-refractivity contribution < 1.29 is 4.79 Å². The Kier molecular flexibility index (Phi) is 5.16. The second-order valence-electron chi connectivity index (χ2n) is 5.28. The molecular formula is C18H14Cl2N4O. The number of aryl methyl sites for hydroxylation is 1. The van der Waals surface area contributed by atoms with Gasteiger partial charge in [0, 0.05) is 27.5 Å². The summed E-state index contributed by atoms with van der Waals surface area (Å²) in [6.07, 6.45) is 0. The number of nitrogens with one attached hydrogen (secondary N) is 2. The Labute approximate surface area is 155 Å². The van der Waals surface area contributed by atoms with Gasteiger partial charge in [-0.3, -0.25) is 4.79 Å².